The highest BCUT2D eigenvalue weighted by Crippen LogP contribution is 2.30. The van der Waals surface area contributed by atoms with Gasteiger partial charge in [-0.25, -0.2) is 9.78 Å². The van der Waals surface area contributed by atoms with E-state index in [0.29, 0.717) is 11.3 Å². The van der Waals surface area contributed by atoms with Gasteiger partial charge >= 0.3 is 12.3 Å². The first kappa shape index (κ1) is 14.9. The van der Waals surface area contributed by atoms with E-state index in [2.05, 4.69) is 20.0 Å². The monoisotopic (exact) mass is 299 g/mol. The van der Waals surface area contributed by atoms with Crippen molar-refractivity contribution in [1.29, 1.82) is 0 Å². The average Bonchev–Trinajstić information content (AvgIpc) is 2.86. The number of hydrogen-bond donors (Lipinski definition) is 2. The number of imidazole rings is 1. The van der Waals surface area contributed by atoms with Crippen LogP contribution in [0.15, 0.2) is 30.5 Å². The molecule has 0 unspecified atom stereocenters. The Labute approximate surface area is 118 Å². The molecule has 0 aliphatic carbocycles. The fourth-order valence-electron chi connectivity index (χ4n) is 1.63. The number of ether oxygens (including phenoxy) is 1. The lowest BCUT2D eigenvalue weighted by atomic mass is 10.1. The van der Waals surface area contributed by atoms with Crippen molar-refractivity contribution >= 4 is 12.0 Å². The van der Waals surface area contributed by atoms with Gasteiger partial charge in [0.05, 0.1) is 24.1 Å². The number of anilines is 1. The van der Waals surface area contributed by atoms with Gasteiger partial charge < -0.3 is 9.72 Å². The van der Waals surface area contributed by atoms with Gasteiger partial charge in [0.2, 0.25) is 5.95 Å². The third-order valence-electron chi connectivity index (χ3n) is 2.59. The summed E-state index contributed by atoms with van der Waals surface area (Å²) in [5.41, 5.74) is 0.276. The summed E-state index contributed by atoms with van der Waals surface area (Å²) in [7, 11) is 0. The molecular formula is C13H12F3N3O2. The molecule has 1 amide bonds. The van der Waals surface area contributed by atoms with Crippen LogP contribution in [0.2, 0.25) is 0 Å². The van der Waals surface area contributed by atoms with E-state index in [0.717, 1.165) is 12.1 Å². The Morgan fingerprint density at radius 1 is 1.33 bits per heavy atom. The van der Waals surface area contributed by atoms with Crippen LogP contribution >= 0.6 is 0 Å². The predicted molar refractivity (Wildman–Crippen MR) is 69.7 cm³/mol. The zero-order chi connectivity index (χ0) is 15.5. The molecule has 2 N–H and O–H groups in total. The molecule has 5 nitrogen and oxygen atoms in total. The molecule has 0 radical (unpaired) electrons. The number of benzene rings is 1. The quantitative estimate of drug-likeness (QED) is 0.908. The van der Waals surface area contributed by atoms with Crippen molar-refractivity contribution in [2.24, 2.45) is 0 Å². The third-order valence-corrected chi connectivity index (χ3v) is 2.59. The second kappa shape index (κ2) is 5.86. The van der Waals surface area contributed by atoms with Gasteiger partial charge in [-0.3, -0.25) is 5.32 Å². The highest BCUT2D eigenvalue weighted by Gasteiger charge is 2.30. The number of aromatic nitrogens is 2. The van der Waals surface area contributed by atoms with Gasteiger partial charge in [0, 0.05) is 0 Å². The minimum atomic E-state index is -4.37. The highest BCUT2D eigenvalue weighted by molar-refractivity contribution is 5.82. The van der Waals surface area contributed by atoms with Crippen molar-refractivity contribution in [3.63, 3.8) is 0 Å². The number of nitrogens with zero attached hydrogens (tertiary/aromatic N) is 1. The van der Waals surface area contributed by atoms with Gasteiger partial charge in [0.1, 0.15) is 0 Å². The largest absolute Gasteiger partial charge is 0.450 e. The van der Waals surface area contributed by atoms with Gasteiger partial charge in [-0.05, 0) is 24.6 Å². The zero-order valence-corrected chi connectivity index (χ0v) is 11.0. The second-order valence-corrected chi connectivity index (χ2v) is 4.07. The van der Waals surface area contributed by atoms with Gasteiger partial charge in [-0.2, -0.15) is 13.2 Å². The summed E-state index contributed by atoms with van der Waals surface area (Å²) in [6, 6.07) is 4.61. The Bertz CT molecular complexity index is 620. The Balaban J connectivity index is 2.12. The minimum absolute atomic E-state index is 0.156. The van der Waals surface area contributed by atoms with E-state index in [1.807, 2.05) is 0 Å². The normalized spacial score (nSPS) is 11.2. The SMILES string of the molecule is CCOC(=O)Nc1ncc(-c2ccc(C(F)(F)F)cc2)[nH]1. The van der Waals surface area contributed by atoms with Crippen LogP contribution in [0.5, 0.6) is 0 Å². The summed E-state index contributed by atoms with van der Waals surface area (Å²) in [6.45, 7) is 1.88. The first-order chi connectivity index (χ1) is 9.90. The summed E-state index contributed by atoms with van der Waals surface area (Å²) in [5, 5.41) is 2.36. The van der Waals surface area contributed by atoms with E-state index in [1.54, 1.807) is 6.92 Å². The lowest BCUT2D eigenvalue weighted by Gasteiger charge is -2.06. The van der Waals surface area contributed by atoms with Crippen LogP contribution < -0.4 is 5.32 Å². The number of H-pyrrole nitrogens is 1. The van der Waals surface area contributed by atoms with E-state index in [-0.39, 0.29) is 12.6 Å². The van der Waals surface area contributed by atoms with E-state index >= 15 is 0 Å². The zero-order valence-electron chi connectivity index (χ0n) is 11.0. The number of nitrogens with one attached hydrogen (secondary N) is 2. The molecule has 0 saturated heterocycles. The molecule has 1 aromatic heterocycles. The van der Waals surface area contributed by atoms with Crippen molar-refractivity contribution in [3.05, 3.63) is 36.0 Å². The fourth-order valence-corrected chi connectivity index (χ4v) is 1.63. The maximum Gasteiger partial charge on any atom is 0.416 e. The number of carbonyl (C=O) groups excluding carboxylic acids is 1. The van der Waals surface area contributed by atoms with Crippen LogP contribution in [0.25, 0.3) is 11.3 Å². The van der Waals surface area contributed by atoms with Gasteiger partial charge in [-0.1, -0.05) is 12.1 Å². The molecule has 0 atom stereocenters. The molecule has 8 heteroatoms. The van der Waals surface area contributed by atoms with Crippen LogP contribution in [-0.4, -0.2) is 22.7 Å². The van der Waals surface area contributed by atoms with Crippen molar-refractivity contribution in [3.8, 4) is 11.3 Å². The maximum absolute atomic E-state index is 12.5. The van der Waals surface area contributed by atoms with Crippen LogP contribution in [0.1, 0.15) is 12.5 Å². The summed E-state index contributed by atoms with van der Waals surface area (Å²) in [4.78, 5) is 17.9. The number of carbonyl (C=O) groups is 1. The number of rotatable bonds is 3. The minimum Gasteiger partial charge on any atom is -0.450 e. The van der Waals surface area contributed by atoms with E-state index in [4.69, 9.17) is 0 Å². The van der Waals surface area contributed by atoms with Crippen molar-refractivity contribution in [1.82, 2.24) is 9.97 Å². The predicted octanol–water partition coefficient (Wildman–Crippen LogP) is 3.66. The Morgan fingerprint density at radius 2 is 2.00 bits per heavy atom. The maximum atomic E-state index is 12.5. The molecule has 0 fully saturated rings. The number of amides is 1. The van der Waals surface area contributed by atoms with Gasteiger partial charge in [0.25, 0.3) is 0 Å². The van der Waals surface area contributed by atoms with Crippen LogP contribution in [0.4, 0.5) is 23.9 Å². The average molecular weight is 299 g/mol. The topological polar surface area (TPSA) is 67.0 Å². The molecular weight excluding hydrogens is 287 g/mol. The lowest BCUT2D eigenvalue weighted by molar-refractivity contribution is -0.137. The smallest absolute Gasteiger partial charge is 0.416 e. The molecule has 1 heterocycles. The number of halogens is 3. The van der Waals surface area contributed by atoms with E-state index in [1.165, 1.54) is 18.3 Å². The molecule has 2 aromatic rings. The van der Waals surface area contributed by atoms with E-state index < -0.39 is 17.8 Å². The van der Waals surface area contributed by atoms with Crippen molar-refractivity contribution in [2.75, 3.05) is 11.9 Å². The Hall–Kier alpha value is -2.51. The molecule has 0 aliphatic rings. The Morgan fingerprint density at radius 3 is 2.57 bits per heavy atom. The van der Waals surface area contributed by atoms with Crippen LogP contribution in [0.3, 0.4) is 0 Å². The standard InChI is InChI=1S/C13H12F3N3O2/c1-2-21-12(20)19-11-17-7-10(18-11)8-3-5-9(6-4-8)13(14,15)16/h3-7H,2H2,1H3,(H2,17,18,19,20). The van der Waals surface area contributed by atoms with Gasteiger partial charge in [0.15, 0.2) is 0 Å². The van der Waals surface area contributed by atoms with Crippen molar-refractivity contribution < 1.29 is 22.7 Å². The summed E-state index contributed by atoms with van der Waals surface area (Å²) in [6.07, 6.45) is -3.63. The number of hydrogen-bond acceptors (Lipinski definition) is 3. The first-order valence-corrected chi connectivity index (χ1v) is 6.06. The molecule has 0 aliphatic heterocycles. The molecule has 112 valence electrons. The van der Waals surface area contributed by atoms with Crippen LogP contribution in [-0.2, 0) is 10.9 Å². The Kier molecular flexibility index (Phi) is 4.15. The second-order valence-electron chi connectivity index (χ2n) is 4.07. The summed E-state index contributed by atoms with van der Waals surface area (Å²) >= 11 is 0. The lowest BCUT2D eigenvalue weighted by Crippen LogP contribution is -2.14. The third kappa shape index (κ3) is 3.74. The van der Waals surface area contributed by atoms with Crippen LogP contribution in [0, 0.1) is 0 Å². The number of aromatic amines is 1. The fraction of sp³-hybridized carbons (Fsp3) is 0.231. The molecule has 0 spiro atoms. The van der Waals surface area contributed by atoms with Crippen molar-refractivity contribution in [2.45, 2.75) is 13.1 Å². The summed E-state index contributed by atoms with van der Waals surface area (Å²) < 4.78 is 42.1. The molecule has 1 aromatic carbocycles. The number of alkyl halides is 3. The first-order valence-electron chi connectivity index (χ1n) is 6.06. The molecule has 0 bridgehead atoms. The summed E-state index contributed by atoms with van der Waals surface area (Å²) in [5.74, 6) is 0.156. The molecule has 2 rings (SSSR count). The van der Waals surface area contributed by atoms with Gasteiger partial charge in [-0.15, -0.1) is 0 Å². The highest BCUT2D eigenvalue weighted by atomic mass is 19.4. The van der Waals surface area contributed by atoms with E-state index in [9.17, 15) is 18.0 Å². The molecule has 21 heavy (non-hydrogen) atoms. The molecule has 0 saturated carbocycles.